The number of hydrogen-bond donors (Lipinski definition) is 1. The number of halogens is 2. The van der Waals surface area contributed by atoms with Crippen molar-refractivity contribution in [2.24, 2.45) is 0 Å². The van der Waals surface area contributed by atoms with Crippen LogP contribution in [0.15, 0.2) is 39.7 Å². The van der Waals surface area contributed by atoms with Crippen LogP contribution in [0.1, 0.15) is 21.9 Å². The summed E-state index contributed by atoms with van der Waals surface area (Å²) in [6, 6.07) is 8.17. The zero-order valence-corrected chi connectivity index (χ0v) is 16.5. The van der Waals surface area contributed by atoms with Gasteiger partial charge in [-0.05, 0) is 54.6 Å². The molecule has 2 heterocycles. The smallest absolute Gasteiger partial charge is 0.293 e. The summed E-state index contributed by atoms with van der Waals surface area (Å²) in [5.41, 5.74) is 0.663. The van der Waals surface area contributed by atoms with Crippen LogP contribution >= 0.6 is 35.0 Å². The topological polar surface area (TPSA) is 79.6 Å². The number of nitrogens with one attached hydrogen (secondary N) is 1. The van der Waals surface area contributed by atoms with E-state index in [0.717, 1.165) is 16.7 Å². The van der Waals surface area contributed by atoms with Gasteiger partial charge in [0.05, 0.1) is 15.0 Å². The fourth-order valence-corrected chi connectivity index (χ4v) is 3.54. The van der Waals surface area contributed by atoms with E-state index in [1.807, 2.05) is 0 Å². The van der Waals surface area contributed by atoms with Crippen LogP contribution in [0, 0.1) is 6.92 Å². The number of furan rings is 1. The molecule has 1 aromatic heterocycles. The molecular formula is C18H14Cl2N2O4S. The summed E-state index contributed by atoms with van der Waals surface area (Å²) in [6.07, 6.45) is 1.58. The Balaban J connectivity index is 1.61. The number of carbonyl (C=O) groups is 3. The Bertz CT molecular complexity index is 955. The van der Waals surface area contributed by atoms with Gasteiger partial charge in [-0.2, -0.15) is 0 Å². The second-order valence-corrected chi connectivity index (χ2v) is 7.48. The van der Waals surface area contributed by atoms with Gasteiger partial charge in [0.2, 0.25) is 0 Å². The van der Waals surface area contributed by atoms with Crippen LogP contribution in [0.4, 0.5) is 4.79 Å². The van der Waals surface area contributed by atoms with Gasteiger partial charge in [-0.3, -0.25) is 19.3 Å². The van der Waals surface area contributed by atoms with Gasteiger partial charge in [0.15, 0.2) is 5.76 Å². The van der Waals surface area contributed by atoms with Gasteiger partial charge in [0.1, 0.15) is 5.76 Å². The van der Waals surface area contributed by atoms with E-state index in [2.05, 4.69) is 5.32 Å². The van der Waals surface area contributed by atoms with Crippen molar-refractivity contribution in [2.45, 2.75) is 6.92 Å². The van der Waals surface area contributed by atoms with E-state index < -0.39 is 17.1 Å². The first-order valence-electron chi connectivity index (χ1n) is 7.90. The average molecular weight is 425 g/mol. The molecule has 1 fully saturated rings. The summed E-state index contributed by atoms with van der Waals surface area (Å²) in [4.78, 5) is 37.8. The van der Waals surface area contributed by atoms with Crippen molar-refractivity contribution in [3.05, 3.63) is 62.4 Å². The van der Waals surface area contributed by atoms with Crippen molar-refractivity contribution >= 4 is 58.1 Å². The van der Waals surface area contributed by atoms with Crippen LogP contribution in [0.5, 0.6) is 0 Å². The minimum absolute atomic E-state index is 0.0643. The lowest BCUT2D eigenvalue weighted by Gasteiger charge is -2.12. The van der Waals surface area contributed by atoms with E-state index in [1.165, 1.54) is 0 Å². The second kappa shape index (κ2) is 8.21. The average Bonchev–Trinajstić information content (AvgIpc) is 3.16. The van der Waals surface area contributed by atoms with Gasteiger partial charge < -0.3 is 9.73 Å². The van der Waals surface area contributed by atoms with Crippen LogP contribution in [0.25, 0.3) is 6.08 Å². The van der Waals surface area contributed by atoms with Gasteiger partial charge in [0, 0.05) is 13.1 Å². The number of nitrogens with zero attached hydrogens (tertiary/aromatic N) is 1. The molecule has 1 aliphatic rings. The second-order valence-electron chi connectivity index (χ2n) is 5.67. The Hall–Kier alpha value is -2.22. The zero-order valence-electron chi connectivity index (χ0n) is 14.1. The molecule has 2 aromatic rings. The first kappa shape index (κ1) is 19.5. The molecule has 140 valence electrons. The number of carbonyl (C=O) groups excluding carboxylic acids is 3. The number of aryl methyl sites for hydroxylation is 1. The first-order valence-corrected chi connectivity index (χ1v) is 9.47. The third-order valence-electron chi connectivity index (χ3n) is 3.70. The molecule has 0 atom stereocenters. The molecule has 0 saturated carbocycles. The highest BCUT2D eigenvalue weighted by Crippen LogP contribution is 2.33. The van der Waals surface area contributed by atoms with Gasteiger partial charge in [-0.25, -0.2) is 0 Å². The number of hydrogen-bond acceptors (Lipinski definition) is 5. The van der Waals surface area contributed by atoms with Crippen LogP contribution in [-0.2, 0) is 4.79 Å². The Morgan fingerprint density at radius 1 is 1.22 bits per heavy atom. The van der Waals surface area contributed by atoms with Crippen molar-refractivity contribution in [1.29, 1.82) is 0 Å². The van der Waals surface area contributed by atoms with Gasteiger partial charge in [0.25, 0.3) is 17.1 Å². The Morgan fingerprint density at radius 2 is 2.00 bits per heavy atom. The maximum atomic E-state index is 12.4. The molecule has 1 saturated heterocycles. The van der Waals surface area contributed by atoms with Crippen LogP contribution < -0.4 is 5.32 Å². The molecule has 1 aliphatic heterocycles. The molecule has 1 N–H and O–H groups in total. The van der Waals surface area contributed by atoms with E-state index in [1.54, 1.807) is 43.3 Å². The highest BCUT2D eigenvalue weighted by molar-refractivity contribution is 8.18. The first-order chi connectivity index (χ1) is 12.8. The van der Waals surface area contributed by atoms with E-state index in [4.69, 9.17) is 27.6 Å². The van der Waals surface area contributed by atoms with Crippen LogP contribution in [0.2, 0.25) is 10.0 Å². The normalized spacial score (nSPS) is 15.7. The van der Waals surface area contributed by atoms with Crippen molar-refractivity contribution in [1.82, 2.24) is 10.2 Å². The summed E-state index contributed by atoms with van der Waals surface area (Å²) < 4.78 is 5.22. The predicted molar refractivity (Wildman–Crippen MR) is 105 cm³/mol. The molecule has 0 aliphatic carbocycles. The number of imide groups is 1. The molecule has 6 nitrogen and oxygen atoms in total. The van der Waals surface area contributed by atoms with Crippen molar-refractivity contribution in [3.8, 4) is 0 Å². The lowest BCUT2D eigenvalue weighted by molar-refractivity contribution is -0.122. The molecule has 9 heteroatoms. The summed E-state index contributed by atoms with van der Waals surface area (Å²) in [5, 5.41) is 2.99. The summed E-state index contributed by atoms with van der Waals surface area (Å²) in [7, 11) is 0. The fourth-order valence-electron chi connectivity index (χ4n) is 2.37. The molecular weight excluding hydrogens is 411 g/mol. The highest BCUT2D eigenvalue weighted by Gasteiger charge is 2.34. The van der Waals surface area contributed by atoms with Gasteiger partial charge >= 0.3 is 0 Å². The van der Waals surface area contributed by atoms with Crippen molar-refractivity contribution < 1.29 is 18.8 Å². The molecule has 3 amide bonds. The van der Waals surface area contributed by atoms with Crippen LogP contribution in [0.3, 0.4) is 0 Å². The molecule has 0 bridgehead atoms. The molecule has 0 unspecified atom stereocenters. The number of rotatable bonds is 5. The number of thioether (sulfide) groups is 1. The third kappa shape index (κ3) is 4.55. The third-order valence-corrected chi connectivity index (χ3v) is 5.35. The fraction of sp³-hybridized carbons (Fsp3) is 0.167. The van der Waals surface area contributed by atoms with Crippen molar-refractivity contribution in [3.63, 3.8) is 0 Å². The van der Waals surface area contributed by atoms with Gasteiger partial charge in [-0.1, -0.05) is 29.3 Å². The summed E-state index contributed by atoms with van der Waals surface area (Å²) in [5.74, 6) is -0.0136. The van der Waals surface area contributed by atoms with Crippen molar-refractivity contribution in [2.75, 3.05) is 13.1 Å². The molecule has 3 rings (SSSR count). The Morgan fingerprint density at radius 3 is 2.67 bits per heavy atom. The van der Waals surface area contributed by atoms with E-state index >= 15 is 0 Å². The van der Waals surface area contributed by atoms with E-state index in [9.17, 15) is 14.4 Å². The SMILES string of the molecule is Cc1ccc(C(=O)NCCN2C(=O)S/C(=C\c3ccc(Cl)c(Cl)c3)C2=O)o1. The lowest BCUT2D eigenvalue weighted by Crippen LogP contribution is -2.37. The monoisotopic (exact) mass is 424 g/mol. The standard InChI is InChI=1S/C18H14Cl2N2O4S/c1-10-2-5-14(26-10)16(23)21-6-7-22-17(24)15(27-18(22)25)9-11-3-4-12(19)13(20)8-11/h2-5,8-9H,6-7H2,1H3,(H,21,23)/b15-9-. The minimum Gasteiger partial charge on any atom is -0.456 e. The molecule has 1 aromatic carbocycles. The number of benzene rings is 1. The van der Waals surface area contributed by atoms with E-state index in [-0.39, 0.29) is 23.8 Å². The van der Waals surface area contributed by atoms with Crippen LogP contribution in [-0.4, -0.2) is 35.0 Å². The van der Waals surface area contributed by atoms with E-state index in [0.29, 0.717) is 21.4 Å². The molecule has 0 radical (unpaired) electrons. The summed E-state index contributed by atoms with van der Waals surface area (Å²) >= 11 is 12.7. The maximum absolute atomic E-state index is 12.4. The largest absolute Gasteiger partial charge is 0.456 e. The van der Waals surface area contributed by atoms with Gasteiger partial charge in [-0.15, -0.1) is 0 Å². The number of amides is 3. The molecule has 27 heavy (non-hydrogen) atoms. The molecule has 0 spiro atoms. The lowest BCUT2D eigenvalue weighted by atomic mass is 10.2. The highest BCUT2D eigenvalue weighted by atomic mass is 35.5. The Labute approximate surface area is 169 Å². The zero-order chi connectivity index (χ0) is 19.6. The minimum atomic E-state index is -0.417. The quantitative estimate of drug-likeness (QED) is 0.721. The summed E-state index contributed by atoms with van der Waals surface area (Å²) in [6.45, 7) is 1.92. The maximum Gasteiger partial charge on any atom is 0.293 e. The Kier molecular flexibility index (Phi) is 5.94. The predicted octanol–water partition coefficient (Wildman–Crippen LogP) is 4.36.